The Labute approximate surface area is 126 Å². The Bertz CT molecular complexity index is 645. The largest absolute Gasteiger partial charge is 0.322 e. The standard InChI is InChI=1S/C14H12ClN3OS/c1-18(9-12-6-7-13(15)20-12)14(19)17-11-4-2-10(8-16)3-5-11/h2-7H,9H2,1H3,(H,17,19). The van der Waals surface area contributed by atoms with Gasteiger partial charge in [-0.3, -0.25) is 0 Å². The number of urea groups is 1. The highest BCUT2D eigenvalue weighted by Crippen LogP contribution is 2.22. The van der Waals surface area contributed by atoms with E-state index in [9.17, 15) is 4.79 Å². The molecule has 1 heterocycles. The first-order chi connectivity index (χ1) is 9.58. The molecule has 0 saturated heterocycles. The van der Waals surface area contributed by atoms with Crippen LogP contribution < -0.4 is 5.32 Å². The second-order valence-electron chi connectivity index (χ2n) is 4.18. The first-order valence-electron chi connectivity index (χ1n) is 5.85. The molecule has 2 aromatic rings. The number of thiophene rings is 1. The Balaban J connectivity index is 1.95. The minimum Gasteiger partial charge on any atom is -0.322 e. The van der Waals surface area contributed by atoms with E-state index >= 15 is 0 Å². The summed E-state index contributed by atoms with van der Waals surface area (Å²) >= 11 is 7.31. The van der Waals surface area contributed by atoms with Crippen molar-refractivity contribution in [1.82, 2.24) is 4.90 Å². The molecule has 4 nitrogen and oxygen atoms in total. The molecule has 0 radical (unpaired) electrons. The zero-order chi connectivity index (χ0) is 14.5. The molecule has 0 aliphatic rings. The molecule has 0 atom stereocenters. The minimum atomic E-state index is -0.209. The quantitative estimate of drug-likeness (QED) is 0.934. The van der Waals surface area contributed by atoms with Crippen LogP contribution in [0.2, 0.25) is 4.34 Å². The normalized spacial score (nSPS) is 9.85. The molecule has 0 fully saturated rings. The van der Waals surface area contributed by atoms with E-state index in [4.69, 9.17) is 16.9 Å². The van der Waals surface area contributed by atoms with Crippen LogP contribution in [0, 0.1) is 11.3 Å². The zero-order valence-electron chi connectivity index (χ0n) is 10.8. The topological polar surface area (TPSA) is 56.1 Å². The maximum Gasteiger partial charge on any atom is 0.321 e. The molecule has 102 valence electrons. The number of hydrogen-bond donors (Lipinski definition) is 1. The molecule has 0 unspecified atom stereocenters. The smallest absolute Gasteiger partial charge is 0.321 e. The van der Waals surface area contributed by atoms with Crippen LogP contribution in [-0.4, -0.2) is 18.0 Å². The molecular formula is C14H12ClN3OS. The lowest BCUT2D eigenvalue weighted by Crippen LogP contribution is -2.30. The molecule has 0 saturated carbocycles. The van der Waals surface area contributed by atoms with Crippen LogP contribution in [0.25, 0.3) is 0 Å². The molecule has 20 heavy (non-hydrogen) atoms. The molecule has 0 aliphatic carbocycles. The van der Waals surface area contributed by atoms with E-state index in [2.05, 4.69) is 5.32 Å². The molecular weight excluding hydrogens is 294 g/mol. The molecule has 0 bridgehead atoms. The fraction of sp³-hybridized carbons (Fsp3) is 0.143. The van der Waals surface area contributed by atoms with Crippen molar-refractivity contribution in [2.45, 2.75) is 6.54 Å². The Morgan fingerprint density at radius 2 is 2.05 bits per heavy atom. The number of anilines is 1. The summed E-state index contributed by atoms with van der Waals surface area (Å²) in [5.41, 5.74) is 1.22. The lowest BCUT2D eigenvalue weighted by atomic mass is 10.2. The van der Waals surface area contributed by atoms with Gasteiger partial charge in [-0.25, -0.2) is 4.79 Å². The Hall–Kier alpha value is -2.03. The second-order valence-corrected chi connectivity index (χ2v) is 5.98. The molecule has 0 spiro atoms. The van der Waals surface area contributed by atoms with Gasteiger partial charge in [-0.1, -0.05) is 11.6 Å². The summed E-state index contributed by atoms with van der Waals surface area (Å²) in [4.78, 5) is 14.6. The summed E-state index contributed by atoms with van der Waals surface area (Å²) in [5.74, 6) is 0. The van der Waals surface area contributed by atoms with Gasteiger partial charge in [-0.05, 0) is 36.4 Å². The summed E-state index contributed by atoms with van der Waals surface area (Å²) in [6.07, 6.45) is 0. The summed E-state index contributed by atoms with van der Waals surface area (Å²) in [6, 6.07) is 12.3. The molecule has 2 amide bonds. The van der Waals surface area contributed by atoms with Crippen molar-refractivity contribution in [3.8, 4) is 6.07 Å². The first kappa shape index (κ1) is 14.4. The molecule has 1 aromatic carbocycles. The highest BCUT2D eigenvalue weighted by Gasteiger charge is 2.10. The number of nitrogens with one attached hydrogen (secondary N) is 1. The number of nitrogens with zero attached hydrogens (tertiary/aromatic N) is 2. The number of benzene rings is 1. The predicted molar refractivity (Wildman–Crippen MR) is 81.0 cm³/mol. The molecule has 6 heteroatoms. The van der Waals surface area contributed by atoms with Crippen molar-refractivity contribution in [2.75, 3.05) is 12.4 Å². The third-order valence-electron chi connectivity index (χ3n) is 2.63. The average Bonchev–Trinajstić information content (AvgIpc) is 2.85. The zero-order valence-corrected chi connectivity index (χ0v) is 12.3. The average molecular weight is 306 g/mol. The van der Waals surface area contributed by atoms with Crippen molar-refractivity contribution >= 4 is 34.7 Å². The maximum atomic E-state index is 12.0. The number of carbonyl (C=O) groups excluding carboxylic acids is 1. The van der Waals surface area contributed by atoms with Gasteiger partial charge in [-0.15, -0.1) is 11.3 Å². The Morgan fingerprint density at radius 1 is 1.35 bits per heavy atom. The lowest BCUT2D eigenvalue weighted by molar-refractivity contribution is 0.221. The number of halogens is 1. The van der Waals surface area contributed by atoms with Gasteiger partial charge in [0, 0.05) is 17.6 Å². The number of nitriles is 1. The molecule has 1 N–H and O–H groups in total. The van der Waals surface area contributed by atoms with E-state index in [-0.39, 0.29) is 6.03 Å². The van der Waals surface area contributed by atoms with Gasteiger partial charge < -0.3 is 10.2 Å². The molecule has 0 aliphatic heterocycles. The van der Waals surface area contributed by atoms with E-state index < -0.39 is 0 Å². The third-order valence-corrected chi connectivity index (χ3v) is 3.85. The SMILES string of the molecule is CN(Cc1ccc(Cl)s1)C(=O)Nc1ccc(C#N)cc1. The van der Waals surface area contributed by atoms with Gasteiger partial charge in [0.25, 0.3) is 0 Å². The number of amides is 2. The van der Waals surface area contributed by atoms with E-state index in [0.29, 0.717) is 22.1 Å². The first-order valence-corrected chi connectivity index (χ1v) is 7.04. The highest BCUT2D eigenvalue weighted by atomic mass is 35.5. The third kappa shape index (κ3) is 3.73. The fourth-order valence-corrected chi connectivity index (χ4v) is 2.73. The number of carbonyl (C=O) groups is 1. The van der Waals surface area contributed by atoms with Crippen LogP contribution in [0.1, 0.15) is 10.4 Å². The number of rotatable bonds is 3. The van der Waals surface area contributed by atoms with Gasteiger partial charge in [-0.2, -0.15) is 5.26 Å². The summed E-state index contributed by atoms with van der Waals surface area (Å²) in [6.45, 7) is 0.500. The van der Waals surface area contributed by atoms with E-state index in [1.54, 1.807) is 36.2 Å². The van der Waals surface area contributed by atoms with Crippen LogP contribution >= 0.6 is 22.9 Å². The van der Waals surface area contributed by atoms with E-state index in [1.807, 2.05) is 18.2 Å². The van der Waals surface area contributed by atoms with Gasteiger partial charge in [0.15, 0.2) is 0 Å². The lowest BCUT2D eigenvalue weighted by Gasteiger charge is -2.17. The fourth-order valence-electron chi connectivity index (χ4n) is 1.59. The molecule has 2 rings (SSSR count). The van der Waals surface area contributed by atoms with E-state index in [1.165, 1.54) is 11.3 Å². The second kappa shape index (κ2) is 6.42. The van der Waals surface area contributed by atoms with E-state index in [0.717, 1.165) is 4.88 Å². The maximum absolute atomic E-state index is 12.0. The minimum absolute atomic E-state index is 0.209. The van der Waals surface area contributed by atoms with Crippen molar-refractivity contribution in [2.24, 2.45) is 0 Å². The number of hydrogen-bond acceptors (Lipinski definition) is 3. The van der Waals surface area contributed by atoms with Crippen LogP contribution in [-0.2, 0) is 6.54 Å². The van der Waals surface area contributed by atoms with Crippen LogP contribution in [0.15, 0.2) is 36.4 Å². The van der Waals surface area contributed by atoms with Crippen molar-refractivity contribution in [3.63, 3.8) is 0 Å². The summed E-state index contributed by atoms with van der Waals surface area (Å²) in [7, 11) is 1.71. The van der Waals surface area contributed by atoms with Crippen LogP contribution in [0.5, 0.6) is 0 Å². The van der Waals surface area contributed by atoms with Crippen molar-refractivity contribution in [3.05, 3.63) is 51.2 Å². The predicted octanol–water partition coefficient (Wildman–Crippen LogP) is 3.94. The van der Waals surface area contributed by atoms with Crippen LogP contribution in [0.4, 0.5) is 10.5 Å². The molecule has 1 aromatic heterocycles. The van der Waals surface area contributed by atoms with Crippen molar-refractivity contribution in [1.29, 1.82) is 5.26 Å². The summed E-state index contributed by atoms with van der Waals surface area (Å²) < 4.78 is 0.709. The van der Waals surface area contributed by atoms with Crippen molar-refractivity contribution < 1.29 is 4.79 Å². The monoisotopic (exact) mass is 305 g/mol. The van der Waals surface area contributed by atoms with Gasteiger partial charge in [0.05, 0.1) is 22.5 Å². The van der Waals surface area contributed by atoms with Gasteiger partial charge >= 0.3 is 6.03 Å². The van der Waals surface area contributed by atoms with Gasteiger partial charge in [0.2, 0.25) is 0 Å². The van der Waals surface area contributed by atoms with Crippen LogP contribution in [0.3, 0.4) is 0 Å². The summed E-state index contributed by atoms with van der Waals surface area (Å²) in [5, 5.41) is 11.5. The Kier molecular flexibility index (Phi) is 4.61. The highest BCUT2D eigenvalue weighted by molar-refractivity contribution is 7.16. The van der Waals surface area contributed by atoms with Gasteiger partial charge in [0.1, 0.15) is 0 Å². The Morgan fingerprint density at radius 3 is 2.60 bits per heavy atom.